The number of halogens is 2. The molecule has 1 aliphatic rings. The zero-order valence-corrected chi connectivity index (χ0v) is 13.5. The summed E-state index contributed by atoms with van der Waals surface area (Å²) in [6.45, 7) is 4.20. The van der Waals surface area contributed by atoms with Crippen molar-refractivity contribution in [2.24, 2.45) is 0 Å². The molecular weight excluding hydrogens is 312 g/mol. The molecule has 126 valence electrons. The molecule has 0 radical (unpaired) electrons. The van der Waals surface area contributed by atoms with Crippen LogP contribution in [-0.4, -0.2) is 39.1 Å². The average molecular weight is 332 g/mol. The number of rotatable bonds is 3. The number of hydrogen-bond acceptors (Lipinski definition) is 2. The number of piperazine rings is 1. The molecule has 0 aromatic heterocycles. The van der Waals surface area contributed by atoms with Crippen LogP contribution < -0.4 is 15.1 Å². The minimum absolute atomic E-state index is 0.0429. The van der Waals surface area contributed by atoms with E-state index in [9.17, 15) is 13.6 Å². The zero-order valence-electron chi connectivity index (χ0n) is 13.5. The topological polar surface area (TPSA) is 36.8 Å². The molecule has 1 aliphatic heterocycles. The Morgan fingerprint density at radius 1 is 1.04 bits per heavy atom. The van der Waals surface area contributed by atoms with Gasteiger partial charge in [0.15, 0.2) is 0 Å². The Hall–Kier alpha value is -2.47. The molecule has 0 aliphatic carbocycles. The molecule has 0 bridgehead atoms. The first-order valence-electron chi connectivity index (χ1n) is 7.95. The highest BCUT2D eigenvalue weighted by atomic mass is 19.1. The van der Waals surface area contributed by atoms with Crippen LogP contribution in [0.25, 0.3) is 0 Å². The van der Waals surface area contributed by atoms with E-state index >= 15 is 0 Å². The summed E-state index contributed by atoms with van der Waals surface area (Å²) >= 11 is 0. The van der Waals surface area contributed by atoms with E-state index in [-0.39, 0.29) is 5.56 Å². The fourth-order valence-electron chi connectivity index (χ4n) is 2.79. The average Bonchev–Trinajstić information content (AvgIpc) is 2.55. The highest BCUT2D eigenvalue weighted by molar-refractivity contribution is 6.04. The Morgan fingerprint density at radius 2 is 1.62 bits per heavy atom. The molecule has 1 heterocycles. The van der Waals surface area contributed by atoms with Gasteiger partial charge in [0.25, 0.3) is 5.91 Å². The standard InChI is InChI=1S/C18H19F2N3O/c1-22-6-8-23(9-7-22)17-4-2-16(3-5-17)21-18(24)13-10-14(19)12-15(20)11-13/h2-5,10-12H,6-9H2,1H3,(H,21,24)/p+1. The first-order valence-corrected chi connectivity index (χ1v) is 7.95. The molecule has 4 nitrogen and oxygen atoms in total. The van der Waals surface area contributed by atoms with Crippen LogP contribution in [-0.2, 0) is 0 Å². The normalized spacial score (nSPS) is 15.4. The third kappa shape index (κ3) is 3.89. The lowest BCUT2D eigenvalue weighted by Gasteiger charge is -2.31. The molecule has 6 heteroatoms. The Balaban J connectivity index is 1.66. The SMILES string of the molecule is C[NH+]1CCN(c2ccc(NC(=O)c3cc(F)cc(F)c3)cc2)CC1. The summed E-state index contributed by atoms with van der Waals surface area (Å²) in [5.74, 6) is -2.08. The lowest BCUT2D eigenvalue weighted by molar-refractivity contribution is -0.880. The predicted molar refractivity (Wildman–Crippen MR) is 89.6 cm³/mol. The van der Waals surface area contributed by atoms with Crippen molar-refractivity contribution in [3.8, 4) is 0 Å². The highest BCUT2D eigenvalue weighted by Gasteiger charge is 2.17. The molecule has 24 heavy (non-hydrogen) atoms. The van der Waals surface area contributed by atoms with Crippen molar-refractivity contribution in [1.82, 2.24) is 0 Å². The lowest BCUT2D eigenvalue weighted by Crippen LogP contribution is -3.12. The van der Waals surface area contributed by atoms with Crippen molar-refractivity contribution < 1.29 is 18.5 Å². The van der Waals surface area contributed by atoms with Crippen molar-refractivity contribution in [2.75, 3.05) is 43.4 Å². The number of carbonyl (C=O) groups is 1. The number of anilines is 2. The molecule has 2 aromatic rings. The van der Waals surface area contributed by atoms with Crippen molar-refractivity contribution >= 4 is 17.3 Å². The van der Waals surface area contributed by atoms with Gasteiger partial charge in [-0.1, -0.05) is 0 Å². The van der Waals surface area contributed by atoms with E-state index < -0.39 is 17.5 Å². The summed E-state index contributed by atoms with van der Waals surface area (Å²) in [6.07, 6.45) is 0. The number of likely N-dealkylation sites (N-methyl/N-ethyl adjacent to an activating group) is 1. The van der Waals surface area contributed by atoms with Gasteiger partial charge in [-0.25, -0.2) is 8.78 Å². The molecular formula is C18H20F2N3O+. The van der Waals surface area contributed by atoms with Crippen molar-refractivity contribution in [3.63, 3.8) is 0 Å². The zero-order chi connectivity index (χ0) is 17.1. The second-order valence-corrected chi connectivity index (χ2v) is 6.10. The monoisotopic (exact) mass is 332 g/mol. The van der Waals surface area contributed by atoms with E-state index in [1.165, 1.54) is 4.90 Å². The Labute approximate surface area is 139 Å². The highest BCUT2D eigenvalue weighted by Crippen LogP contribution is 2.19. The molecule has 0 atom stereocenters. The second-order valence-electron chi connectivity index (χ2n) is 6.10. The minimum atomic E-state index is -0.771. The molecule has 1 fully saturated rings. The van der Waals surface area contributed by atoms with Gasteiger partial charge in [-0.15, -0.1) is 0 Å². The van der Waals surface area contributed by atoms with Crippen molar-refractivity contribution in [3.05, 3.63) is 59.7 Å². The van der Waals surface area contributed by atoms with Gasteiger partial charge >= 0.3 is 0 Å². The summed E-state index contributed by atoms with van der Waals surface area (Å²) in [7, 11) is 2.19. The molecule has 1 saturated heterocycles. The van der Waals surface area contributed by atoms with Crippen molar-refractivity contribution in [2.45, 2.75) is 0 Å². The van der Waals surface area contributed by atoms with Crippen LogP contribution in [0.4, 0.5) is 20.2 Å². The van der Waals surface area contributed by atoms with Crippen molar-refractivity contribution in [1.29, 1.82) is 0 Å². The molecule has 2 N–H and O–H groups in total. The number of carbonyl (C=O) groups excluding carboxylic acids is 1. The smallest absolute Gasteiger partial charge is 0.255 e. The van der Waals surface area contributed by atoms with E-state index in [0.717, 1.165) is 50.1 Å². The summed E-state index contributed by atoms with van der Waals surface area (Å²) in [4.78, 5) is 15.9. The van der Waals surface area contributed by atoms with Crippen LogP contribution >= 0.6 is 0 Å². The molecule has 0 saturated carbocycles. The fourth-order valence-corrected chi connectivity index (χ4v) is 2.79. The van der Waals surface area contributed by atoms with Crippen LogP contribution in [0.15, 0.2) is 42.5 Å². The molecule has 1 amide bonds. The summed E-state index contributed by atoms with van der Waals surface area (Å²) < 4.78 is 26.4. The first kappa shape index (κ1) is 16.4. The second kappa shape index (κ2) is 6.97. The number of amides is 1. The maximum absolute atomic E-state index is 13.2. The van der Waals surface area contributed by atoms with Gasteiger partial charge in [-0.05, 0) is 36.4 Å². The van der Waals surface area contributed by atoms with Gasteiger partial charge in [-0.2, -0.15) is 0 Å². The molecule has 2 aromatic carbocycles. The maximum atomic E-state index is 13.2. The van der Waals surface area contributed by atoms with Crippen LogP contribution in [0, 0.1) is 11.6 Å². The van der Waals surface area contributed by atoms with Crippen LogP contribution in [0.1, 0.15) is 10.4 Å². The summed E-state index contributed by atoms with van der Waals surface area (Å²) in [6, 6.07) is 10.3. The number of benzene rings is 2. The van der Waals surface area contributed by atoms with Crippen LogP contribution in [0.3, 0.4) is 0 Å². The lowest BCUT2D eigenvalue weighted by atomic mass is 10.2. The number of nitrogens with zero attached hydrogens (tertiary/aromatic N) is 1. The van der Waals surface area contributed by atoms with Gasteiger partial charge in [0, 0.05) is 23.0 Å². The largest absolute Gasteiger partial charge is 0.360 e. The predicted octanol–water partition coefficient (Wildman–Crippen LogP) is 1.55. The molecule has 0 spiro atoms. The Morgan fingerprint density at radius 3 is 2.21 bits per heavy atom. The van der Waals surface area contributed by atoms with E-state index in [1.54, 1.807) is 12.1 Å². The first-order chi connectivity index (χ1) is 11.5. The molecule has 0 unspecified atom stereocenters. The summed E-state index contributed by atoms with van der Waals surface area (Å²) in [5.41, 5.74) is 1.66. The van der Waals surface area contributed by atoms with Gasteiger partial charge in [0.2, 0.25) is 0 Å². The number of nitrogens with one attached hydrogen (secondary N) is 2. The fraction of sp³-hybridized carbons (Fsp3) is 0.278. The van der Waals surface area contributed by atoms with E-state index in [0.29, 0.717) is 5.69 Å². The third-order valence-corrected chi connectivity index (χ3v) is 4.23. The van der Waals surface area contributed by atoms with Crippen LogP contribution in [0.5, 0.6) is 0 Å². The summed E-state index contributed by atoms with van der Waals surface area (Å²) in [5, 5.41) is 2.65. The Bertz CT molecular complexity index is 705. The van der Waals surface area contributed by atoms with E-state index in [2.05, 4.69) is 17.3 Å². The number of hydrogen-bond donors (Lipinski definition) is 2. The van der Waals surface area contributed by atoms with Crippen LogP contribution in [0.2, 0.25) is 0 Å². The minimum Gasteiger partial charge on any atom is -0.360 e. The Kier molecular flexibility index (Phi) is 4.76. The van der Waals surface area contributed by atoms with E-state index in [4.69, 9.17) is 0 Å². The van der Waals surface area contributed by atoms with Gasteiger partial charge in [-0.3, -0.25) is 4.79 Å². The van der Waals surface area contributed by atoms with Gasteiger partial charge in [0.05, 0.1) is 33.2 Å². The van der Waals surface area contributed by atoms with Gasteiger partial charge < -0.3 is 15.1 Å². The third-order valence-electron chi connectivity index (χ3n) is 4.23. The van der Waals surface area contributed by atoms with Gasteiger partial charge in [0.1, 0.15) is 11.6 Å². The maximum Gasteiger partial charge on any atom is 0.255 e. The van der Waals surface area contributed by atoms with E-state index in [1.807, 2.05) is 12.1 Å². The molecule has 3 rings (SSSR count). The number of quaternary nitrogens is 1. The quantitative estimate of drug-likeness (QED) is 0.895.